The number of hydrogen-bond acceptors (Lipinski definition) is 5. The lowest BCUT2D eigenvalue weighted by Gasteiger charge is -2.06. The van der Waals surface area contributed by atoms with Gasteiger partial charge in [0.25, 0.3) is 5.91 Å². The zero-order chi connectivity index (χ0) is 20.8. The summed E-state index contributed by atoms with van der Waals surface area (Å²) in [7, 11) is 0. The van der Waals surface area contributed by atoms with E-state index in [1.54, 1.807) is 55.5 Å². The average Bonchev–Trinajstić information content (AvgIpc) is 3.08. The second-order valence-electron chi connectivity index (χ2n) is 6.00. The van der Waals surface area contributed by atoms with Crippen LogP contribution in [0.1, 0.15) is 20.4 Å². The minimum Gasteiger partial charge on any atom is -0.486 e. The molecule has 3 aromatic rings. The molecular formula is C20H17Cl2N3O3S. The lowest BCUT2D eigenvalue weighted by molar-refractivity contribution is -0.115. The zero-order valence-corrected chi connectivity index (χ0v) is 17.7. The van der Waals surface area contributed by atoms with Gasteiger partial charge in [0.2, 0.25) is 5.91 Å². The smallest absolute Gasteiger partial charge is 0.263 e. The maximum Gasteiger partial charge on any atom is 0.263 e. The molecular weight excluding hydrogens is 433 g/mol. The number of carbonyl (C=O) groups excluding carboxylic acids is 2. The van der Waals surface area contributed by atoms with Crippen molar-refractivity contribution in [3.8, 4) is 5.75 Å². The minimum atomic E-state index is -0.357. The molecule has 29 heavy (non-hydrogen) atoms. The molecule has 1 aromatic heterocycles. The number of halogens is 2. The first-order chi connectivity index (χ1) is 13.9. The summed E-state index contributed by atoms with van der Waals surface area (Å²) in [6.45, 7) is 1.82. The van der Waals surface area contributed by atoms with E-state index >= 15 is 0 Å². The highest BCUT2D eigenvalue weighted by Crippen LogP contribution is 2.21. The van der Waals surface area contributed by atoms with E-state index in [1.807, 2.05) is 0 Å². The van der Waals surface area contributed by atoms with Gasteiger partial charge in [0.15, 0.2) is 0 Å². The Balaban J connectivity index is 1.51. The van der Waals surface area contributed by atoms with Crippen LogP contribution in [-0.4, -0.2) is 23.3 Å². The van der Waals surface area contributed by atoms with Crippen LogP contribution < -0.4 is 15.4 Å². The molecule has 0 fully saturated rings. The van der Waals surface area contributed by atoms with Crippen molar-refractivity contribution in [2.45, 2.75) is 13.5 Å². The van der Waals surface area contributed by atoms with Crippen LogP contribution in [0.2, 0.25) is 10.0 Å². The quantitative estimate of drug-likeness (QED) is 0.547. The Hall–Kier alpha value is -2.61. The molecule has 0 aliphatic heterocycles. The second-order valence-corrected chi connectivity index (χ2v) is 7.96. The highest BCUT2D eigenvalue weighted by atomic mass is 35.5. The van der Waals surface area contributed by atoms with Gasteiger partial charge in [-0.15, -0.1) is 11.3 Å². The van der Waals surface area contributed by atoms with Gasteiger partial charge in [0.05, 0.1) is 12.2 Å². The fourth-order valence-corrected chi connectivity index (χ4v) is 3.53. The number of aryl methyl sites for hydroxylation is 1. The Kier molecular flexibility index (Phi) is 7.09. The number of nitrogens with zero attached hydrogens (tertiary/aromatic N) is 1. The van der Waals surface area contributed by atoms with Crippen molar-refractivity contribution in [2.75, 3.05) is 11.9 Å². The van der Waals surface area contributed by atoms with Gasteiger partial charge in [-0.25, -0.2) is 4.98 Å². The summed E-state index contributed by atoms with van der Waals surface area (Å²) in [5.41, 5.74) is 1.18. The van der Waals surface area contributed by atoms with Crippen LogP contribution in [0.4, 0.5) is 5.69 Å². The third-order valence-corrected chi connectivity index (χ3v) is 5.39. The molecule has 2 N–H and O–H groups in total. The van der Waals surface area contributed by atoms with Crippen molar-refractivity contribution < 1.29 is 14.3 Å². The highest BCUT2D eigenvalue weighted by Gasteiger charge is 2.16. The second kappa shape index (κ2) is 9.73. The van der Waals surface area contributed by atoms with Gasteiger partial charge in [0, 0.05) is 15.7 Å². The number of aromatic nitrogens is 1. The average molecular weight is 450 g/mol. The largest absolute Gasteiger partial charge is 0.486 e. The number of nitrogens with one attached hydrogen (secondary N) is 2. The third kappa shape index (κ3) is 6.19. The molecule has 0 spiro atoms. The van der Waals surface area contributed by atoms with Gasteiger partial charge in [-0.1, -0.05) is 23.2 Å². The van der Waals surface area contributed by atoms with E-state index in [0.717, 1.165) is 0 Å². The fraction of sp³-hybridized carbons (Fsp3) is 0.150. The first kappa shape index (κ1) is 21.1. The first-order valence-electron chi connectivity index (χ1n) is 8.59. The van der Waals surface area contributed by atoms with E-state index in [2.05, 4.69) is 15.6 Å². The van der Waals surface area contributed by atoms with E-state index < -0.39 is 0 Å². The van der Waals surface area contributed by atoms with Gasteiger partial charge >= 0.3 is 0 Å². The molecule has 9 heteroatoms. The number of ether oxygens (including phenoxy) is 1. The van der Waals surface area contributed by atoms with Crippen molar-refractivity contribution in [2.24, 2.45) is 0 Å². The van der Waals surface area contributed by atoms with Crippen molar-refractivity contribution >= 4 is 52.0 Å². The van der Waals surface area contributed by atoms with E-state index in [0.29, 0.717) is 37.1 Å². The molecule has 0 unspecified atom stereocenters. The van der Waals surface area contributed by atoms with Crippen molar-refractivity contribution in [1.82, 2.24) is 10.3 Å². The maximum absolute atomic E-state index is 12.4. The van der Waals surface area contributed by atoms with E-state index in [1.165, 1.54) is 11.3 Å². The fourth-order valence-electron chi connectivity index (χ4n) is 2.38. The Labute approximate surface area is 181 Å². The molecule has 2 aromatic carbocycles. The SMILES string of the molecule is Cc1nc(COc2ccc(Cl)cc2)sc1C(=O)NCC(=O)Nc1ccc(Cl)cc1. The number of thiazole rings is 1. The molecule has 0 atom stereocenters. The van der Waals surface area contributed by atoms with Gasteiger partial charge in [-0.3, -0.25) is 9.59 Å². The number of anilines is 1. The van der Waals surface area contributed by atoms with E-state index in [4.69, 9.17) is 27.9 Å². The number of carbonyl (C=O) groups is 2. The summed E-state index contributed by atoms with van der Waals surface area (Å²) < 4.78 is 5.65. The van der Waals surface area contributed by atoms with Crippen molar-refractivity contribution in [3.63, 3.8) is 0 Å². The van der Waals surface area contributed by atoms with Crippen LogP contribution >= 0.6 is 34.5 Å². The molecule has 2 amide bonds. The minimum absolute atomic E-state index is 0.157. The molecule has 0 aliphatic carbocycles. The van der Waals surface area contributed by atoms with Gasteiger partial charge < -0.3 is 15.4 Å². The monoisotopic (exact) mass is 449 g/mol. The van der Waals surface area contributed by atoms with Gasteiger partial charge in [-0.2, -0.15) is 0 Å². The summed E-state index contributed by atoms with van der Waals surface area (Å²) in [6, 6.07) is 13.7. The Bertz CT molecular complexity index is 1000. The first-order valence-corrected chi connectivity index (χ1v) is 10.2. The number of amides is 2. The molecule has 0 saturated carbocycles. The van der Waals surface area contributed by atoms with Gasteiger partial charge in [-0.05, 0) is 55.5 Å². The molecule has 150 valence electrons. The van der Waals surface area contributed by atoms with Crippen LogP contribution in [0.15, 0.2) is 48.5 Å². The van der Waals surface area contributed by atoms with Crippen LogP contribution in [-0.2, 0) is 11.4 Å². The standard InChI is InChI=1S/C20H17Cl2N3O3S/c1-12-19(29-18(24-12)11-28-16-8-4-14(22)5-9-16)20(27)23-10-17(26)25-15-6-2-13(21)3-7-15/h2-9H,10-11H2,1H3,(H,23,27)(H,25,26). The predicted octanol–water partition coefficient (Wildman–Crippen LogP) is 4.71. The molecule has 6 nitrogen and oxygen atoms in total. The summed E-state index contributed by atoms with van der Waals surface area (Å²) in [5.74, 6) is -0.0368. The number of benzene rings is 2. The molecule has 0 bridgehead atoms. The molecule has 3 rings (SSSR count). The molecule has 0 saturated heterocycles. The van der Waals surface area contributed by atoms with Crippen LogP contribution in [0.5, 0.6) is 5.75 Å². The van der Waals surface area contributed by atoms with Crippen LogP contribution in [0, 0.1) is 6.92 Å². The molecule has 0 aliphatic rings. The molecule has 1 heterocycles. The topological polar surface area (TPSA) is 80.3 Å². The third-order valence-electron chi connectivity index (χ3n) is 3.76. The van der Waals surface area contributed by atoms with Crippen LogP contribution in [0.3, 0.4) is 0 Å². The van der Waals surface area contributed by atoms with E-state index in [9.17, 15) is 9.59 Å². The summed E-state index contributed by atoms with van der Waals surface area (Å²) in [4.78, 5) is 29.2. The molecule has 0 radical (unpaired) electrons. The highest BCUT2D eigenvalue weighted by molar-refractivity contribution is 7.13. The van der Waals surface area contributed by atoms with Crippen LogP contribution in [0.25, 0.3) is 0 Å². The van der Waals surface area contributed by atoms with Gasteiger partial charge in [0.1, 0.15) is 22.2 Å². The summed E-state index contributed by atoms with van der Waals surface area (Å²) in [5, 5.41) is 7.15. The Morgan fingerprint density at radius 3 is 2.31 bits per heavy atom. The normalized spacial score (nSPS) is 10.4. The predicted molar refractivity (Wildman–Crippen MR) is 115 cm³/mol. The Morgan fingerprint density at radius 1 is 1.03 bits per heavy atom. The summed E-state index contributed by atoms with van der Waals surface area (Å²) >= 11 is 12.9. The summed E-state index contributed by atoms with van der Waals surface area (Å²) in [6.07, 6.45) is 0. The number of hydrogen-bond donors (Lipinski definition) is 2. The zero-order valence-electron chi connectivity index (χ0n) is 15.4. The van der Waals surface area contributed by atoms with E-state index in [-0.39, 0.29) is 25.0 Å². The van der Waals surface area contributed by atoms with Crippen molar-refractivity contribution in [3.05, 3.63) is 74.2 Å². The lowest BCUT2D eigenvalue weighted by atomic mass is 10.3. The van der Waals surface area contributed by atoms with Crippen molar-refractivity contribution in [1.29, 1.82) is 0 Å². The lowest BCUT2D eigenvalue weighted by Crippen LogP contribution is -2.32. The maximum atomic E-state index is 12.4. The Morgan fingerprint density at radius 2 is 1.66 bits per heavy atom. The number of rotatable bonds is 7.